The minimum absolute atomic E-state index is 0.0879. The monoisotopic (exact) mass is 394 g/mol. The molecular weight excluding hydrogens is 376 g/mol. The molecule has 28 heavy (non-hydrogen) atoms. The molecule has 5 nitrogen and oxygen atoms in total. The summed E-state index contributed by atoms with van der Waals surface area (Å²) in [6.07, 6.45) is 4.08. The molecule has 0 saturated heterocycles. The molecule has 1 amide bonds. The van der Waals surface area contributed by atoms with Crippen LogP contribution in [0.15, 0.2) is 67.0 Å². The van der Waals surface area contributed by atoms with Crippen LogP contribution in [-0.4, -0.2) is 17.5 Å². The number of hydrogen-bond donors (Lipinski definition) is 1. The molecule has 0 aliphatic carbocycles. The van der Waals surface area contributed by atoms with Gasteiger partial charge in [-0.25, -0.2) is 0 Å². The van der Waals surface area contributed by atoms with Crippen LogP contribution in [0.25, 0.3) is 0 Å². The zero-order valence-electron chi connectivity index (χ0n) is 15.1. The molecule has 1 aliphatic rings. The van der Waals surface area contributed by atoms with E-state index in [9.17, 15) is 4.79 Å². The van der Waals surface area contributed by atoms with Crippen LogP contribution in [0.2, 0.25) is 5.02 Å². The van der Waals surface area contributed by atoms with Crippen molar-refractivity contribution < 1.29 is 14.3 Å². The molecule has 3 aromatic rings. The molecular formula is C22H19ClN2O3. The Balaban J connectivity index is 1.38. The third-order valence-corrected chi connectivity index (χ3v) is 4.76. The molecule has 1 aromatic heterocycles. The smallest absolute Gasteiger partial charge is 0.231 e. The maximum absolute atomic E-state index is 12.7. The maximum atomic E-state index is 12.7. The van der Waals surface area contributed by atoms with E-state index in [1.807, 2.05) is 48.5 Å². The molecule has 0 bridgehead atoms. The summed E-state index contributed by atoms with van der Waals surface area (Å²) in [6, 6.07) is 16.6. The molecule has 1 N–H and O–H groups in total. The van der Waals surface area contributed by atoms with E-state index in [0.29, 0.717) is 36.1 Å². The number of anilines is 1. The van der Waals surface area contributed by atoms with E-state index in [-0.39, 0.29) is 11.8 Å². The Kier molecular flexibility index (Phi) is 5.44. The van der Waals surface area contributed by atoms with Gasteiger partial charge in [0.05, 0.1) is 5.92 Å². The third-order valence-electron chi connectivity index (χ3n) is 4.53. The summed E-state index contributed by atoms with van der Waals surface area (Å²) in [5.41, 5.74) is 2.62. The van der Waals surface area contributed by atoms with Gasteiger partial charge in [0.2, 0.25) is 5.91 Å². The second-order valence-corrected chi connectivity index (χ2v) is 7.07. The Bertz CT molecular complexity index is 979. The number of nitrogens with one attached hydrogen (secondary N) is 1. The van der Waals surface area contributed by atoms with Gasteiger partial charge in [0.25, 0.3) is 0 Å². The van der Waals surface area contributed by atoms with Gasteiger partial charge in [0.1, 0.15) is 24.7 Å². The fraction of sp³-hybridized carbons (Fsp3) is 0.182. The highest BCUT2D eigenvalue weighted by Gasteiger charge is 2.26. The van der Waals surface area contributed by atoms with Crippen molar-refractivity contribution in [3.05, 3.63) is 83.1 Å². The van der Waals surface area contributed by atoms with Crippen molar-refractivity contribution in [2.75, 3.05) is 11.9 Å². The lowest BCUT2D eigenvalue weighted by atomic mass is 9.96. The Hall–Kier alpha value is -3.05. The van der Waals surface area contributed by atoms with Crippen LogP contribution >= 0.6 is 11.6 Å². The van der Waals surface area contributed by atoms with Gasteiger partial charge >= 0.3 is 0 Å². The number of carbonyl (C=O) groups excluding carboxylic acids is 1. The first-order valence-electron chi connectivity index (χ1n) is 9.01. The zero-order chi connectivity index (χ0) is 19.3. The third kappa shape index (κ3) is 4.43. The highest BCUT2D eigenvalue weighted by molar-refractivity contribution is 6.30. The van der Waals surface area contributed by atoms with Gasteiger partial charge < -0.3 is 14.8 Å². The molecule has 0 radical (unpaired) electrons. The zero-order valence-corrected chi connectivity index (χ0v) is 15.9. The van der Waals surface area contributed by atoms with Crippen molar-refractivity contribution >= 4 is 23.2 Å². The molecule has 1 atom stereocenters. The number of amides is 1. The van der Waals surface area contributed by atoms with Crippen LogP contribution < -0.4 is 14.8 Å². The summed E-state index contributed by atoms with van der Waals surface area (Å²) in [5.74, 6) is 1.11. The number of aromatic nitrogens is 1. The second-order valence-electron chi connectivity index (χ2n) is 6.63. The SMILES string of the molecule is O=C(Nc1cccc(OCc2cccnc2)c1)C1COc2ccc(Cl)cc2C1. The summed E-state index contributed by atoms with van der Waals surface area (Å²) < 4.78 is 11.5. The molecule has 0 spiro atoms. The van der Waals surface area contributed by atoms with Crippen molar-refractivity contribution in [2.45, 2.75) is 13.0 Å². The van der Waals surface area contributed by atoms with Crippen molar-refractivity contribution in [2.24, 2.45) is 5.92 Å². The molecule has 2 aromatic carbocycles. The first-order valence-corrected chi connectivity index (χ1v) is 9.39. The van der Waals surface area contributed by atoms with Crippen molar-refractivity contribution in [1.82, 2.24) is 4.98 Å². The van der Waals surface area contributed by atoms with Crippen LogP contribution in [-0.2, 0) is 17.8 Å². The van der Waals surface area contributed by atoms with Crippen LogP contribution in [0.3, 0.4) is 0 Å². The summed E-state index contributed by atoms with van der Waals surface area (Å²) in [4.78, 5) is 16.7. The van der Waals surface area contributed by atoms with Crippen LogP contribution in [0, 0.1) is 5.92 Å². The summed E-state index contributed by atoms with van der Waals surface area (Å²) in [7, 11) is 0. The molecule has 6 heteroatoms. The molecule has 1 aliphatic heterocycles. The average Bonchev–Trinajstić information content (AvgIpc) is 2.72. The van der Waals surface area contributed by atoms with E-state index in [2.05, 4.69) is 10.3 Å². The summed E-state index contributed by atoms with van der Waals surface area (Å²) >= 11 is 6.05. The molecule has 2 heterocycles. The van der Waals surface area contributed by atoms with Gasteiger partial charge in [-0.2, -0.15) is 0 Å². The normalized spacial score (nSPS) is 15.2. The maximum Gasteiger partial charge on any atom is 0.231 e. The summed E-state index contributed by atoms with van der Waals surface area (Å²) in [6.45, 7) is 0.761. The van der Waals surface area contributed by atoms with E-state index in [4.69, 9.17) is 21.1 Å². The van der Waals surface area contributed by atoms with Gasteiger partial charge in [-0.3, -0.25) is 9.78 Å². The lowest BCUT2D eigenvalue weighted by Gasteiger charge is -2.24. The van der Waals surface area contributed by atoms with Crippen molar-refractivity contribution in [3.8, 4) is 11.5 Å². The van der Waals surface area contributed by atoms with Gasteiger partial charge in [-0.15, -0.1) is 0 Å². The van der Waals surface area contributed by atoms with Gasteiger partial charge in [0, 0.05) is 34.7 Å². The van der Waals surface area contributed by atoms with Gasteiger partial charge in [-0.1, -0.05) is 23.7 Å². The van der Waals surface area contributed by atoms with Gasteiger partial charge in [0.15, 0.2) is 0 Å². The fourth-order valence-electron chi connectivity index (χ4n) is 3.09. The number of benzene rings is 2. The Morgan fingerprint density at radius 2 is 2.14 bits per heavy atom. The van der Waals surface area contributed by atoms with E-state index in [0.717, 1.165) is 16.9 Å². The number of hydrogen-bond acceptors (Lipinski definition) is 4. The first kappa shape index (κ1) is 18.3. The molecule has 4 rings (SSSR count). The Morgan fingerprint density at radius 1 is 1.21 bits per heavy atom. The van der Waals surface area contributed by atoms with E-state index >= 15 is 0 Å². The number of carbonyl (C=O) groups is 1. The van der Waals surface area contributed by atoms with E-state index in [1.54, 1.807) is 18.5 Å². The molecule has 142 valence electrons. The fourth-order valence-corrected chi connectivity index (χ4v) is 3.28. The number of pyridine rings is 1. The van der Waals surface area contributed by atoms with Crippen LogP contribution in [0.5, 0.6) is 11.5 Å². The van der Waals surface area contributed by atoms with E-state index < -0.39 is 0 Å². The predicted octanol–water partition coefficient (Wildman–Crippen LogP) is 4.50. The second kappa shape index (κ2) is 8.31. The highest BCUT2D eigenvalue weighted by Crippen LogP contribution is 2.30. The molecule has 1 unspecified atom stereocenters. The Morgan fingerprint density at radius 3 is 3.00 bits per heavy atom. The topological polar surface area (TPSA) is 60.5 Å². The predicted molar refractivity (Wildman–Crippen MR) is 108 cm³/mol. The molecule has 0 fully saturated rings. The lowest BCUT2D eigenvalue weighted by Crippen LogP contribution is -2.32. The largest absolute Gasteiger partial charge is 0.492 e. The minimum Gasteiger partial charge on any atom is -0.492 e. The number of nitrogens with zero attached hydrogens (tertiary/aromatic N) is 1. The minimum atomic E-state index is -0.272. The Labute approximate surface area is 168 Å². The van der Waals surface area contributed by atoms with Crippen LogP contribution in [0.4, 0.5) is 5.69 Å². The number of ether oxygens (including phenoxy) is 2. The van der Waals surface area contributed by atoms with Crippen LogP contribution in [0.1, 0.15) is 11.1 Å². The lowest BCUT2D eigenvalue weighted by molar-refractivity contribution is -0.121. The number of halogens is 1. The van der Waals surface area contributed by atoms with Crippen molar-refractivity contribution in [3.63, 3.8) is 0 Å². The number of rotatable bonds is 5. The van der Waals surface area contributed by atoms with Crippen molar-refractivity contribution in [1.29, 1.82) is 0 Å². The number of fused-ring (bicyclic) bond motifs is 1. The average molecular weight is 395 g/mol. The first-order chi connectivity index (χ1) is 13.7. The summed E-state index contributed by atoms with van der Waals surface area (Å²) in [5, 5.41) is 3.59. The quantitative estimate of drug-likeness (QED) is 0.692. The molecule has 0 saturated carbocycles. The van der Waals surface area contributed by atoms with E-state index in [1.165, 1.54) is 0 Å². The highest BCUT2D eigenvalue weighted by atomic mass is 35.5. The standard InChI is InChI=1S/C22H19ClN2O3/c23-18-6-7-21-16(10-18)9-17(14-28-21)22(26)25-19-4-1-5-20(11-19)27-13-15-3-2-8-24-12-15/h1-8,10-12,17H,9,13-14H2,(H,25,26). The van der Waals surface area contributed by atoms with Gasteiger partial charge in [-0.05, 0) is 48.4 Å².